The summed E-state index contributed by atoms with van der Waals surface area (Å²) in [4.78, 5) is 0.0812. The number of anilines is 2. The van der Waals surface area contributed by atoms with E-state index in [1.807, 2.05) is 31.2 Å². The lowest BCUT2D eigenvalue weighted by atomic mass is 10.2. The molecule has 1 aromatic heterocycles. The fraction of sp³-hybridized carbons (Fsp3) is 0.357. The van der Waals surface area contributed by atoms with E-state index in [0.29, 0.717) is 11.9 Å². The molecule has 0 saturated heterocycles. The molecule has 0 atom stereocenters. The maximum Gasteiger partial charge on any atom is 0.182 e. The fourth-order valence-corrected chi connectivity index (χ4v) is 3.20. The third kappa shape index (κ3) is 2.61. The van der Waals surface area contributed by atoms with Crippen molar-refractivity contribution in [3.63, 3.8) is 0 Å². The number of nitrogens with zero attached hydrogens (tertiary/aromatic N) is 2. The van der Waals surface area contributed by atoms with E-state index in [-0.39, 0.29) is 10.7 Å². The predicted octanol–water partition coefficient (Wildman–Crippen LogP) is 1.74. The molecule has 1 saturated carbocycles. The molecule has 1 aromatic carbocycles. The Morgan fingerprint density at radius 1 is 1.33 bits per heavy atom. The Kier molecular flexibility index (Phi) is 3.16. The van der Waals surface area contributed by atoms with Gasteiger partial charge in [0.25, 0.3) is 0 Å². The Hall–Kier alpha value is -2.02. The van der Waals surface area contributed by atoms with E-state index in [0.717, 1.165) is 30.3 Å². The van der Waals surface area contributed by atoms with E-state index in [1.54, 1.807) is 0 Å². The number of benzene rings is 1. The van der Waals surface area contributed by atoms with Gasteiger partial charge in [0.15, 0.2) is 20.6 Å². The number of aromatic nitrogens is 2. The van der Waals surface area contributed by atoms with Crippen LogP contribution in [0.1, 0.15) is 18.4 Å². The summed E-state index contributed by atoms with van der Waals surface area (Å²) >= 11 is 0. The highest BCUT2D eigenvalue weighted by atomic mass is 32.2. The summed E-state index contributed by atoms with van der Waals surface area (Å²) in [7, 11) is -3.45. The second-order valence-corrected chi connectivity index (χ2v) is 7.40. The number of hydrogen-bond donors (Lipinski definition) is 2. The van der Waals surface area contributed by atoms with Crippen LogP contribution in [0, 0.1) is 6.92 Å². The average molecular weight is 306 g/mol. The zero-order chi connectivity index (χ0) is 15.2. The summed E-state index contributed by atoms with van der Waals surface area (Å²) in [6.45, 7) is 1.94. The van der Waals surface area contributed by atoms with Gasteiger partial charge in [0, 0.05) is 12.3 Å². The highest BCUT2D eigenvalue weighted by Gasteiger charge is 2.29. The van der Waals surface area contributed by atoms with Crippen molar-refractivity contribution in [1.29, 1.82) is 0 Å². The summed E-state index contributed by atoms with van der Waals surface area (Å²) in [5.41, 5.74) is 7.83. The van der Waals surface area contributed by atoms with E-state index in [9.17, 15) is 8.42 Å². The Bertz CT molecular complexity index is 791. The predicted molar refractivity (Wildman–Crippen MR) is 82.5 cm³/mol. The van der Waals surface area contributed by atoms with E-state index in [2.05, 4.69) is 10.4 Å². The molecule has 1 fully saturated rings. The van der Waals surface area contributed by atoms with Gasteiger partial charge in [-0.2, -0.15) is 0 Å². The van der Waals surface area contributed by atoms with Crippen LogP contribution in [0.5, 0.6) is 0 Å². The maximum absolute atomic E-state index is 12.0. The lowest BCUT2D eigenvalue weighted by Gasteiger charge is -2.07. The molecule has 3 N–H and O–H groups in total. The minimum Gasteiger partial charge on any atom is -0.382 e. The van der Waals surface area contributed by atoms with Crippen molar-refractivity contribution in [2.24, 2.45) is 0 Å². The van der Waals surface area contributed by atoms with Crippen LogP contribution in [0.15, 0.2) is 29.2 Å². The first-order chi connectivity index (χ1) is 9.88. The largest absolute Gasteiger partial charge is 0.382 e. The third-order valence-corrected chi connectivity index (χ3v) is 4.65. The molecule has 0 spiro atoms. The van der Waals surface area contributed by atoms with Crippen LogP contribution in [0.25, 0.3) is 5.69 Å². The number of nitrogens with one attached hydrogen (secondary N) is 1. The van der Waals surface area contributed by atoms with E-state index in [4.69, 9.17) is 5.73 Å². The van der Waals surface area contributed by atoms with Gasteiger partial charge in [-0.25, -0.2) is 13.1 Å². The van der Waals surface area contributed by atoms with Crippen LogP contribution in [-0.4, -0.2) is 30.5 Å². The fourth-order valence-electron chi connectivity index (χ4n) is 2.28. The van der Waals surface area contributed by atoms with Gasteiger partial charge in [-0.1, -0.05) is 18.2 Å². The summed E-state index contributed by atoms with van der Waals surface area (Å²) < 4.78 is 25.6. The first-order valence-electron chi connectivity index (χ1n) is 6.79. The lowest BCUT2D eigenvalue weighted by molar-refractivity contribution is 0.602. The van der Waals surface area contributed by atoms with Crippen molar-refractivity contribution in [1.82, 2.24) is 9.78 Å². The molecule has 6 nitrogen and oxygen atoms in total. The second-order valence-electron chi connectivity index (χ2n) is 5.45. The third-order valence-electron chi connectivity index (χ3n) is 3.51. The van der Waals surface area contributed by atoms with Crippen molar-refractivity contribution < 1.29 is 8.42 Å². The summed E-state index contributed by atoms with van der Waals surface area (Å²) in [5.74, 6) is 0.496. The second kappa shape index (κ2) is 4.77. The molecule has 21 heavy (non-hydrogen) atoms. The number of nitrogens with two attached hydrogens (primary N) is 1. The molecule has 7 heteroatoms. The number of sulfone groups is 1. The molecule has 0 aliphatic heterocycles. The number of rotatable bonds is 4. The smallest absolute Gasteiger partial charge is 0.182 e. The molecule has 1 aliphatic rings. The van der Waals surface area contributed by atoms with Crippen LogP contribution in [-0.2, 0) is 9.84 Å². The zero-order valence-electron chi connectivity index (χ0n) is 12.0. The van der Waals surface area contributed by atoms with Gasteiger partial charge in [0.1, 0.15) is 5.82 Å². The van der Waals surface area contributed by atoms with Gasteiger partial charge >= 0.3 is 0 Å². The van der Waals surface area contributed by atoms with Crippen molar-refractivity contribution >= 4 is 21.5 Å². The Morgan fingerprint density at radius 2 is 2.00 bits per heavy atom. The summed E-state index contributed by atoms with van der Waals surface area (Å²) in [5, 5.41) is 7.54. The van der Waals surface area contributed by atoms with Crippen LogP contribution >= 0.6 is 0 Å². The summed E-state index contributed by atoms with van der Waals surface area (Å²) in [6, 6.07) is 7.89. The Morgan fingerprint density at radius 3 is 2.57 bits per heavy atom. The molecule has 0 unspecified atom stereocenters. The number of nitrogen functional groups attached to an aromatic ring is 1. The number of hydrogen-bond acceptors (Lipinski definition) is 5. The van der Waals surface area contributed by atoms with Crippen LogP contribution < -0.4 is 11.1 Å². The molecule has 0 radical (unpaired) electrons. The van der Waals surface area contributed by atoms with Crippen LogP contribution in [0.4, 0.5) is 11.6 Å². The van der Waals surface area contributed by atoms with Gasteiger partial charge in [-0.15, -0.1) is 5.10 Å². The lowest BCUT2D eigenvalue weighted by Crippen LogP contribution is -2.08. The highest BCUT2D eigenvalue weighted by molar-refractivity contribution is 7.91. The monoisotopic (exact) mass is 306 g/mol. The molecule has 1 aliphatic carbocycles. The number of aryl methyl sites for hydroxylation is 1. The van der Waals surface area contributed by atoms with Crippen LogP contribution in [0.2, 0.25) is 0 Å². The minimum absolute atomic E-state index is 0.0812. The van der Waals surface area contributed by atoms with Gasteiger partial charge in [-0.3, -0.25) is 0 Å². The Balaban J connectivity index is 2.18. The standard InChI is InChI=1S/C14H18N4O2S/c1-9-5-3-4-6-11(9)18-13(15)12(21(2,19)20)14(17-18)16-10-7-8-10/h3-6,10H,7-8,15H2,1-2H3,(H,16,17). The molecule has 112 valence electrons. The van der Waals surface area contributed by atoms with Gasteiger partial charge < -0.3 is 11.1 Å². The molecule has 0 amide bonds. The molecular weight excluding hydrogens is 288 g/mol. The molecular formula is C14H18N4O2S. The Labute approximate surface area is 123 Å². The van der Waals surface area contributed by atoms with E-state index < -0.39 is 9.84 Å². The van der Waals surface area contributed by atoms with Gasteiger partial charge in [0.05, 0.1) is 5.69 Å². The first-order valence-corrected chi connectivity index (χ1v) is 8.68. The molecule has 1 heterocycles. The molecule has 0 bridgehead atoms. The van der Waals surface area contributed by atoms with Crippen molar-refractivity contribution in [2.45, 2.75) is 30.7 Å². The number of para-hydroxylation sites is 1. The normalized spacial score (nSPS) is 15.1. The topological polar surface area (TPSA) is 90.0 Å². The quantitative estimate of drug-likeness (QED) is 0.898. The van der Waals surface area contributed by atoms with E-state index >= 15 is 0 Å². The first kappa shape index (κ1) is 13.9. The van der Waals surface area contributed by atoms with Gasteiger partial charge in [-0.05, 0) is 31.4 Å². The van der Waals surface area contributed by atoms with E-state index in [1.165, 1.54) is 4.68 Å². The van der Waals surface area contributed by atoms with Crippen molar-refractivity contribution in [3.05, 3.63) is 29.8 Å². The van der Waals surface area contributed by atoms with Crippen molar-refractivity contribution in [2.75, 3.05) is 17.3 Å². The van der Waals surface area contributed by atoms with Crippen molar-refractivity contribution in [3.8, 4) is 5.69 Å². The zero-order valence-corrected chi connectivity index (χ0v) is 12.8. The summed E-state index contributed by atoms with van der Waals surface area (Å²) in [6.07, 6.45) is 3.21. The highest BCUT2D eigenvalue weighted by Crippen LogP contribution is 2.33. The molecule has 2 aromatic rings. The maximum atomic E-state index is 12.0. The molecule has 3 rings (SSSR count). The SMILES string of the molecule is Cc1ccccc1-n1nc(NC2CC2)c(S(C)(=O)=O)c1N. The van der Waals surface area contributed by atoms with Gasteiger partial charge in [0.2, 0.25) is 0 Å². The minimum atomic E-state index is -3.45. The van der Waals surface area contributed by atoms with Crippen LogP contribution in [0.3, 0.4) is 0 Å². The average Bonchev–Trinajstić information content (AvgIpc) is 3.12.